The Labute approximate surface area is 291 Å². The van der Waals surface area contributed by atoms with Gasteiger partial charge in [-0.05, 0) is 59.7 Å². The Morgan fingerprint density at radius 1 is 0.913 bits per heavy atom. The molecular weight excluding hydrogens is 745 g/mol. The third-order valence-electron chi connectivity index (χ3n) is 9.01. The molecule has 1 radical (unpaired) electrons. The zero-order valence-electron chi connectivity index (χ0n) is 30.4. The number of aryl methyl sites for hydroxylation is 3. The van der Waals surface area contributed by atoms with Crippen molar-refractivity contribution < 1.29 is 30.0 Å². The van der Waals surface area contributed by atoms with Crippen LogP contribution in [0.15, 0.2) is 48.2 Å². The van der Waals surface area contributed by atoms with Gasteiger partial charge in [-0.2, -0.15) is 0 Å². The van der Waals surface area contributed by atoms with Gasteiger partial charge in [0.2, 0.25) is 0 Å². The van der Waals surface area contributed by atoms with Crippen molar-refractivity contribution in [2.75, 3.05) is 0 Å². The number of ketones is 1. The average Bonchev–Trinajstić information content (AvgIpc) is 2.95. The van der Waals surface area contributed by atoms with Crippen LogP contribution in [0.25, 0.3) is 32.9 Å². The molecule has 5 heteroatoms. The Morgan fingerprint density at radius 2 is 1.54 bits per heavy atom. The molecule has 0 saturated carbocycles. The fraction of sp³-hybridized carbons (Fsp3) is 0.488. The van der Waals surface area contributed by atoms with Crippen molar-refractivity contribution in [2.24, 2.45) is 16.7 Å². The van der Waals surface area contributed by atoms with Gasteiger partial charge < -0.3 is 5.11 Å². The molecule has 0 amide bonds. The number of aliphatic hydroxyl groups excluding tert-OH is 1. The first-order valence-electron chi connectivity index (χ1n) is 16.6. The third-order valence-corrected chi connectivity index (χ3v) is 9.01. The quantitative estimate of drug-likeness (QED) is 0.0793. The molecule has 0 spiro atoms. The second kappa shape index (κ2) is 15.8. The molecule has 46 heavy (non-hydrogen) atoms. The Morgan fingerprint density at radius 3 is 2.09 bits per heavy atom. The van der Waals surface area contributed by atoms with Crippen LogP contribution < -0.4 is 0 Å². The molecule has 1 heterocycles. The molecule has 0 fully saturated rings. The first-order chi connectivity index (χ1) is 20.9. The number of rotatable bonds is 9. The van der Waals surface area contributed by atoms with E-state index in [1.807, 2.05) is 41.5 Å². The summed E-state index contributed by atoms with van der Waals surface area (Å²) in [4.78, 5) is 21.9. The number of nitrogens with zero attached hydrogens (tertiary/aromatic N) is 2. The van der Waals surface area contributed by atoms with Crippen molar-refractivity contribution in [3.05, 3.63) is 82.4 Å². The molecule has 4 aromatic rings. The summed E-state index contributed by atoms with van der Waals surface area (Å²) in [6, 6.07) is 17.0. The Kier molecular flexibility index (Phi) is 13.5. The fourth-order valence-corrected chi connectivity index (χ4v) is 5.30. The van der Waals surface area contributed by atoms with Gasteiger partial charge in [0.05, 0.1) is 5.52 Å². The summed E-state index contributed by atoms with van der Waals surface area (Å²) in [7, 11) is 0. The van der Waals surface area contributed by atoms with Crippen LogP contribution in [0.1, 0.15) is 116 Å². The maximum absolute atomic E-state index is 11.8. The van der Waals surface area contributed by atoms with E-state index in [1.165, 1.54) is 33.5 Å². The number of aliphatic hydroxyl groups is 1. The molecule has 4 rings (SSSR count). The van der Waals surface area contributed by atoms with Crippen molar-refractivity contribution in [3.63, 3.8) is 0 Å². The third kappa shape index (κ3) is 9.35. The molecule has 0 aliphatic carbocycles. The minimum absolute atomic E-state index is 0. The van der Waals surface area contributed by atoms with Gasteiger partial charge in [0, 0.05) is 48.3 Å². The van der Waals surface area contributed by atoms with Crippen LogP contribution in [0.4, 0.5) is 0 Å². The van der Waals surface area contributed by atoms with Gasteiger partial charge in [-0.1, -0.05) is 107 Å². The Hall–Kier alpha value is -2.88. The van der Waals surface area contributed by atoms with E-state index in [-0.39, 0.29) is 48.4 Å². The molecule has 251 valence electrons. The maximum Gasteiger partial charge on any atom is 0.164 e. The summed E-state index contributed by atoms with van der Waals surface area (Å²) in [5, 5.41) is 13.5. The Bertz CT molecular complexity index is 1690. The van der Waals surface area contributed by atoms with E-state index < -0.39 is 0 Å². The summed E-state index contributed by atoms with van der Waals surface area (Å²) in [6.07, 6.45) is 4.09. The first-order valence-corrected chi connectivity index (χ1v) is 16.6. The van der Waals surface area contributed by atoms with Crippen molar-refractivity contribution >= 4 is 27.5 Å². The van der Waals surface area contributed by atoms with Crippen LogP contribution in [0, 0.1) is 43.6 Å². The van der Waals surface area contributed by atoms with Crippen LogP contribution in [-0.2, 0) is 31.3 Å². The second-order valence-electron chi connectivity index (χ2n) is 14.8. The molecule has 0 atom stereocenters. The Balaban J connectivity index is 0.000000394. The van der Waals surface area contributed by atoms with E-state index in [1.54, 1.807) is 0 Å². The van der Waals surface area contributed by atoms with E-state index >= 15 is 0 Å². The van der Waals surface area contributed by atoms with Gasteiger partial charge in [0.15, 0.2) is 5.78 Å². The van der Waals surface area contributed by atoms with Crippen LogP contribution in [0.2, 0.25) is 0 Å². The van der Waals surface area contributed by atoms with E-state index in [4.69, 9.17) is 9.97 Å². The summed E-state index contributed by atoms with van der Waals surface area (Å²) in [5.74, 6) is 1.99. The summed E-state index contributed by atoms with van der Waals surface area (Å²) < 4.78 is 0. The van der Waals surface area contributed by atoms with Crippen molar-refractivity contribution in [3.8, 4) is 11.3 Å². The van der Waals surface area contributed by atoms with Crippen LogP contribution in [0.3, 0.4) is 0 Å². The van der Waals surface area contributed by atoms with Crippen molar-refractivity contribution in [1.82, 2.24) is 9.97 Å². The largest absolute Gasteiger partial charge is 0.512 e. The molecule has 3 aromatic carbocycles. The SMILES string of the molecule is CCC(C)(C)C(=O)/C=C(\O)C(C)(C)CC.Cc1[c-]c(-c2nc(C(C)C)nc3c2ccc2cc(CC(C)C)cc(C)c23)cc(C)c1.[Ir]. The van der Waals surface area contributed by atoms with E-state index in [0.29, 0.717) is 5.92 Å². The predicted molar refractivity (Wildman–Crippen MR) is 192 cm³/mol. The maximum atomic E-state index is 11.8. The number of carbonyl (C=O) groups excluding carboxylic acids is 1. The van der Waals surface area contributed by atoms with Crippen LogP contribution >= 0.6 is 0 Å². The molecule has 0 saturated heterocycles. The van der Waals surface area contributed by atoms with E-state index in [0.717, 1.165) is 52.8 Å². The number of fused-ring (bicyclic) bond motifs is 3. The predicted octanol–water partition coefficient (Wildman–Crippen LogP) is 11.4. The number of allylic oxidation sites excluding steroid dienone is 2. The van der Waals surface area contributed by atoms with Gasteiger partial charge in [0.25, 0.3) is 0 Å². The molecule has 0 aliphatic rings. The second-order valence-corrected chi connectivity index (χ2v) is 14.8. The van der Waals surface area contributed by atoms with E-state index in [2.05, 4.69) is 90.9 Å². The zero-order valence-corrected chi connectivity index (χ0v) is 32.8. The summed E-state index contributed by atoms with van der Waals surface area (Å²) in [5.41, 5.74) is 7.47. The zero-order chi connectivity index (χ0) is 33.9. The molecule has 0 aliphatic heterocycles. The van der Waals surface area contributed by atoms with Crippen LogP contribution in [0.5, 0.6) is 0 Å². The van der Waals surface area contributed by atoms with Gasteiger partial charge in [-0.15, -0.1) is 34.9 Å². The van der Waals surface area contributed by atoms with E-state index in [9.17, 15) is 9.90 Å². The summed E-state index contributed by atoms with van der Waals surface area (Å²) in [6.45, 7) is 27.0. The average molecular weight is 800 g/mol. The normalized spacial score (nSPS) is 12.4. The summed E-state index contributed by atoms with van der Waals surface area (Å²) >= 11 is 0. The van der Waals surface area contributed by atoms with Gasteiger partial charge in [-0.25, -0.2) is 4.98 Å². The molecule has 1 N–H and O–H groups in total. The van der Waals surface area contributed by atoms with Crippen LogP contribution in [-0.4, -0.2) is 20.9 Å². The minimum atomic E-state index is -0.377. The number of hydrogen-bond donors (Lipinski definition) is 1. The van der Waals surface area contributed by atoms with Gasteiger partial charge in [0.1, 0.15) is 11.6 Å². The first kappa shape index (κ1) is 39.3. The minimum Gasteiger partial charge on any atom is -0.512 e. The smallest absolute Gasteiger partial charge is 0.164 e. The van der Waals surface area contributed by atoms with Gasteiger partial charge >= 0.3 is 0 Å². The molecule has 1 aromatic heterocycles. The molecular formula is C41H55IrN2O2-. The van der Waals surface area contributed by atoms with Crippen molar-refractivity contribution in [2.45, 2.75) is 115 Å². The number of aromatic nitrogens is 2. The number of benzene rings is 3. The van der Waals surface area contributed by atoms with Gasteiger partial charge in [-0.3, -0.25) is 9.78 Å². The number of hydrogen-bond acceptors (Lipinski definition) is 4. The standard InChI is InChI=1S/C28H31N2.C13H24O2.Ir/c1-16(2)10-21-14-20(7)25-22(15-21)8-9-24-26(23-12-18(5)11-19(6)13-23)29-28(17(3)4)30-27(24)25;1-7-12(3,4)10(14)9-11(15)13(5,6)8-2;/h8-9,11-12,14-17H,10H2,1-7H3;9,14H,7-8H2,1-6H3;/q-1;;/b;10-9-;. The number of carbonyl (C=O) groups is 1. The van der Waals surface area contributed by atoms with Crippen molar-refractivity contribution in [1.29, 1.82) is 0 Å². The molecule has 0 unspecified atom stereocenters. The molecule has 0 bridgehead atoms. The monoisotopic (exact) mass is 800 g/mol. The fourth-order valence-electron chi connectivity index (χ4n) is 5.30. The topological polar surface area (TPSA) is 63.1 Å². The molecule has 4 nitrogen and oxygen atoms in total.